The molecule has 0 aliphatic carbocycles. The summed E-state index contributed by atoms with van der Waals surface area (Å²) in [6.45, 7) is 1.74. The zero-order valence-corrected chi connectivity index (χ0v) is 11.9. The minimum absolute atomic E-state index is 0.0615. The van der Waals surface area contributed by atoms with Crippen molar-refractivity contribution >= 4 is 11.3 Å². The molecule has 1 heterocycles. The number of H-pyrrole nitrogens is 1. The summed E-state index contributed by atoms with van der Waals surface area (Å²) in [4.78, 5) is 13.6. The van der Waals surface area contributed by atoms with E-state index in [0.717, 1.165) is 22.6 Å². The predicted octanol–water partition coefficient (Wildman–Crippen LogP) is 1.10. The normalized spacial score (nSPS) is 12.4. The van der Waals surface area contributed by atoms with E-state index in [1.54, 1.807) is 5.38 Å². The highest BCUT2D eigenvalue weighted by atomic mass is 32.1. The van der Waals surface area contributed by atoms with Crippen LogP contribution in [-0.4, -0.2) is 29.3 Å². The Bertz CT molecular complexity index is 553. The Morgan fingerprint density at radius 1 is 1.35 bits per heavy atom. The number of aromatic amines is 1. The highest BCUT2D eigenvalue weighted by Gasteiger charge is 2.04. The SMILES string of the molecule is O=c1[nH]c(CNCC(O)COCc2ccccc2)cs1. The molecule has 20 heavy (non-hydrogen) atoms. The van der Waals surface area contributed by atoms with E-state index in [1.165, 1.54) is 0 Å². The molecule has 3 N–H and O–H groups in total. The molecule has 1 aromatic heterocycles. The molecule has 2 aromatic rings. The third kappa shape index (κ3) is 5.26. The maximum Gasteiger partial charge on any atom is 0.304 e. The molecule has 0 bridgehead atoms. The summed E-state index contributed by atoms with van der Waals surface area (Å²) in [6, 6.07) is 9.84. The van der Waals surface area contributed by atoms with E-state index in [4.69, 9.17) is 4.74 Å². The van der Waals surface area contributed by atoms with Gasteiger partial charge >= 0.3 is 4.87 Å². The Labute approximate surface area is 121 Å². The number of aliphatic hydroxyl groups excluding tert-OH is 1. The number of ether oxygens (including phenoxy) is 1. The van der Waals surface area contributed by atoms with Gasteiger partial charge in [-0.15, -0.1) is 0 Å². The largest absolute Gasteiger partial charge is 0.389 e. The molecule has 0 saturated carbocycles. The summed E-state index contributed by atoms with van der Waals surface area (Å²) < 4.78 is 5.44. The molecule has 1 aromatic carbocycles. The lowest BCUT2D eigenvalue weighted by Gasteiger charge is -2.12. The first kappa shape index (κ1) is 14.9. The third-order valence-electron chi connectivity index (χ3n) is 2.69. The first-order chi connectivity index (χ1) is 9.74. The summed E-state index contributed by atoms with van der Waals surface area (Å²) in [5.74, 6) is 0. The van der Waals surface area contributed by atoms with Gasteiger partial charge in [-0.1, -0.05) is 41.7 Å². The minimum atomic E-state index is -0.566. The number of thiazole rings is 1. The Kier molecular flexibility index (Phi) is 5.94. The van der Waals surface area contributed by atoms with Crippen molar-refractivity contribution in [1.29, 1.82) is 0 Å². The second-order valence-corrected chi connectivity index (χ2v) is 5.30. The van der Waals surface area contributed by atoms with Gasteiger partial charge in [-0.25, -0.2) is 0 Å². The van der Waals surface area contributed by atoms with Gasteiger partial charge in [0.05, 0.1) is 19.3 Å². The molecule has 0 amide bonds. The number of aromatic nitrogens is 1. The molecule has 0 radical (unpaired) electrons. The Balaban J connectivity index is 1.58. The van der Waals surface area contributed by atoms with E-state index in [9.17, 15) is 9.90 Å². The predicted molar refractivity (Wildman–Crippen MR) is 78.8 cm³/mol. The van der Waals surface area contributed by atoms with Gasteiger partial charge < -0.3 is 20.1 Å². The van der Waals surface area contributed by atoms with Crippen LogP contribution >= 0.6 is 11.3 Å². The van der Waals surface area contributed by atoms with Gasteiger partial charge in [0, 0.05) is 24.2 Å². The van der Waals surface area contributed by atoms with Crippen LogP contribution in [0.25, 0.3) is 0 Å². The molecule has 108 valence electrons. The molecular formula is C14H18N2O3S. The molecule has 1 unspecified atom stereocenters. The van der Waals surface area contributed by atoms with Crippen molar-refractivity contribution in [3.05, 3.63) is 56.6 Å². The maximum absolute atomic E-state index is 10.9. The average molecular weight is 294 g/mol. The third-order valence-corrected chi connectivity index (χ3v) is 3.41. The van der Waals surface area contributed by atoms with Gasteiger partial charge in [0.25, 0.3) is 0 Å². The Morgan fingerprint density at radius 3 is 2.85 bits per heavy atom. The quantitative estimate of drug-likeness (QED) is 0.682. The van der Waals surface area contributed by atoms with Gasteiger partial charge in [0.15, 0.2) is 0 Å². The summed E-state index contributed by atoms with van der Waals surface area (Å²) in [7, 11) is 0. The van der Waals surface area contributed by atoms with Crippen LogP contribution in [0.3, 0.4) is 0 Å². The summed E-state index contributed by atoms with van der Waals surface area (Å²) in [6.07, 6.45) is -0.566. The second-order valence-electron chi connectivity index (χ2n) is 4.46. The number of benzene rings is 1. The molecule has 1 atom stereocenters. The van der Waals surface area contributed by atoms with Gasteiger partial charge in [-0.3, -0.25) is 4.79 Å². The van der Waals surface area contributed by atoms with E-state index in [1.807, 2.05) is 30.3 Å². The maximum atomic E-state index is 10.9. The van der Waals surface area contributed by atoms with Gasteiger partial charge in [0.2, 0.25) is 0 Å². The van der Waals surface area contributed by atoms with Crippen LogP contribution in [0.4, 0.5) is 0 Å². The fourth-order valence-corrected chi connectivity index (χ4v) is 2.30. The lowest BCUT2D eigenvalue weighted by Crippen LogP contribution is -2.30. The zero-order chi connectivity index (χ0) is 14.2. The molecule has 0 aliphatic heterocycles. The number of aliphatic hydroxyl groups is 1. The van der Waals surface area contributed by atoms with Crippen LogP contribution in [0.5, 0.6) is 0 Å². The number of nitrogens with one attached hydrogen (secondary N) is 2. The molecule has 6 heteroatoms. The number of hydrogen-bond acceptors (Lipinski definition) is 5. The van der Waals surface area contributed by atoms with Crippen LogP contribution in [0.1, 0.15) is 11.3 Å². The lowest BCUT2D eigenvalue weighted by atomic mass is 10.2. The van der Waals surface area contributed by atoms with E-state index in [0.29, 0.717) is 19.7 Å². The molecule has 0 saturated heterocycles. The monoisotopic (exact) mass is 294 g/mol. The minimum Gasteiger partial charge on any atom is -0.389 e. The standard InChI is InChI=1S/C14H18N2O3S/c17-13(7-15-6-12-10-20-14(18)16-12)9-19-8-11-4-2-1-3-5-11/h1-5,10,13,15,17H,6-9H2,(H,16,18). The summed E-state index contributed by atoms with van der Waals surface area (Å²) in [5, 5.41) is 14.6. The fraction of sp³-hybridized carbons (Fsp3) is 0.357. The van der Waals surface area contributed by atoms with E-state index in [2.05, 4.69) is 10.3 Å². The van der Waals surface area contributed by atoms with Crippen molar-refractivity contribution in [2.24, 2.45) is 0 Å². The van der Waals surface area contributed by atoms with E-state index in [-0.39, 0.29) is 11.5 Å². The van der Waals surface area contributed by atoms with Crippen molar-refractivity contribution in [1.82, 2.24) is 10.3 Å². The molecule has 0 aliphatic rings. The molecule has 2 rings (SSSR count). The van der Waals surface area contributed by atoms with Crippen LogP contribution < -0.4 is 10.2 Å². The van der Waals surface area contributed by atoms with Gasteiger partial charge in [-0.2, -0.15) is 0 Å². The Hall–Kier alpha value is -1.47. The fourth-order valence-electron chi connectivity index (χ4n) is 1.72. The number of hydrogen-bond donors (Lipinski definition) is 3. The van der Waals surface area contributed by atoms with Crippen molar-refractivity contribution in [2.75, 3.05) is 13.2 Å². The molecule has 0 fully saturated rings. The van der Waals surface area contributed by atoms with E-state index < -0.39 is 6.10 Å². The van der Waals surface area contributed by atoms with Crippen molar-refractivity contribution in [2.45, 2.75) is 19.3 Å². The van der Waals surface area contributed by atoms with Crippen molar-refractivity contribution in [3.8, 4) is 0 Å². The van der Waals surface area contributed by atoms with Gasteiger partial charge in [-0.05, 0) is 5.56 Å². The molecular weight excluding hydrogens is 276 g/mol. The van der Waals surface area contributed by atoms with Crippen LogP contribution in [0, 0.1) is 0 Å². The molecule has 5 nitrogen and oxygen atoms in total. The Morgan fingerprint density at radius 2 is 2.15 bits per heavy atom. The highest BCUT2D eigenvalue weighted by molar-refractivity contribution is 7.07. The highest BCUT2D eigenvalue weighted by Crippen LogP contribution is 2.01. The summed E-state index contributed by atoms with van der Waals surface area (Å²) in [5.41, 5.74) is 1.92. The lowest BCUT2D eigenvalue weighted by molar-refractivity contribution is 0.0287. The van der Waals surface area contributed by atoms with Crippen molar-refractivity contribution in [3.63, 3.8) is 0 Å². The van der Waals surface area contributed by atoms with Crippen LogP contribution in [0.15, 0.2) is 40.5 Å². The van der Waals surface area contributed by atoms with Crippen LogP contribution in [-0.2, 0) is 17.9 Å². The average Bonchev–Trinajstić information content (AvgIpc) is 2.86. The topological polar surface area (TPSA) is 74.4 Å². The smallest absolute Gasteiger partial charge is 0.304 e. The van der Waals surface area contributed by atoms with E-state index >= 15 is 0 Å². The van der Waals surface area contributed by atoms with Gasteiger partial charge in [0.1, 0.15) is 0 Å². The number of rotatable bonds is 8. The molecule has 0 spiro atoms. The first-order valence-electron chi connectivity index (χ1n) is 6.41. The van der Waals surface area contributed by atoms with Crippen molar-refractivity contribution < 1.29 is 9.84 Å². The second kappa shape index (κ2) is 7.96. The first-order valence-corrected chi connectivity index (χ1v) is 7.29. The summed E-state index contributed by atoms with van der Waals surface area (Å²) >= 11 is 1.14. The van der Waals surface area contributed by atoms with Crippen LogP contribution in [0.2, 0.25) is 0 Å². The zero-order valence-electron chi connectivity index (χ0n) is 11.0.